The predicted octanol–water partition coefficient (Wildman–Crippen LogP) is 1.08. The van der Waals surface area contributed by atoms with Gasteiger partial charge in [0.15, 0.2) is 0 Å². The summed E-state index contributed by atoms with van der Waals surface area (Å²) in [6.45, 7) is 1.88. The largest absolute Gasteiger partial charge is 0.383 e. The van der Waals surface area contributed by atoms with Crippen LogP contribution in [0, 0.1) is 11.6 Å². The number of ether oxygens (including phenoxy) is 1. The number of piperazine rings is 1. The van der Waals surface area contributed by atoms with Gasteiger partial charge >= 0.3 is 6.03 Å². The van der Waals surface area contributed by atoms with E-state index in [4.69, 9.17) is 4.74 Å². The fourth-order valence-electron chi connectivity index (χ4n) is 2.34. The molecule has 1 aliphatic rings. The quantitative estimate of drug-likeness (QED) is 0.842. The number of hydrogen-bond acceptors (Lipinski definition) is 3. The van der Waals surface area contributed by atoms with E-state index in [0.717, 1.165) is 12.1 Å². The van der Waals surface area contributed by atoms with Gasteiger partial charge < -0.3 is 19.9 Å². The highest BCUT2D eigenvalue weighted by molar-refractivity contribution is 5.95. The lowest BCUT2D eigenvalue weighted by Crippen LogP contribution is -2.53. The first-order chi connectivity index (χ1) is 11.0. The lowest BCUT2D eigenvalue weighted by molar-refractivity contribution is 0.0654. The van der Waals surface area contributed by atoms with Crippen molar-refractivity contribution in [3.05, 3.63) is 35.4 Å². The minimum Gasteiger partial charge on any atom is -0.383 e. The van der Waals surface area contributed by atoms with E-state index in [1.165, 1.54) is 11.0 Å². The molecule has 1 aromatic carbocycles. The Kier molecular flexibility index (Phi) is 5.86. The summed E-state index contributed by atoms with van der Waals surface area (Å²) in [6.07, 6.45) is 0. The molecule has 8 heteroatoms. The highest BCUT2D eigenvalue weighted by atomic mass is 19.1. The van der Waals surface area contributed by atoms with Crippen molar-refractivity contribution in [2.75, 3.05) is 46.4 Å². The van der Waals surface area contributed by atoms with Crippen LogP contribution in [0.3, 0.4) is 0 Å². The van der Waals surface area contributed by atoms with Gasteiger partial charge in [-0.25, -0.2) is 13.6 Å². The molecule has 3 amide bonds. The highest BCUT2D eigenvalue weighted by Gasteiger charge is 2.27. The van der Waals surface area contributed by atoms with Crippen LogP contribution in [0.15, 0.2) is 18.2 Å². The molecule has 0 unspecified atom stereocenters. The van der Waals surface area contributed by atoms with E-state index in [1.54, 1.807) is 12.0 Å². The fourth-order valence-corrected chi connectivity index (χ4v) is 2.34. The van der Waals surface area contributed by atoms with Crippen molar-refractivity contribution in [3.8, 4) is 0 Å². The first-order valence-corrected chi connectivity index (χ1v) is 7.29. The minimum absolute atomic E-state index is 0.226. The topological polar surface area (TPSA) is 61.9 Å². The maximum Gasteiger partial charge on any atom is 0.317 e. The normalized spacial score (nSPS) is 14.7. The molecule has 1 aliphatic heterocycles. The Balaban J connectivity index is 1.91. The van der Waals surface area contributed by atoms with Crippen LogP contribution in [-0.2, 0) is 4.74 Å². The van der Waals surface area contributed by atoms with Crippen molar-refractivity contribution in [1.82, 2.24) is 15.1 Å². The molecule has 0 spiro atoms. The second-order valence-electron chi connectivity index (χ2n) is 5.10. The summed E-state index contributed by atoms with van der Waals surface area (Å²) >= 11 is 0. The van der Waals surface area contributed by atoms with Gasteiger partial charge in [-0.2, -0.15) is 0 Å². The molecule has 0 radical (unpaired) electrons. The first-order valence-electron chi connectivity index (χ1n) is 7.29. The van der Waals surface area contributed by atoms with Gasteiger partial charge in [-0.3, -0.25) is 4.79 Å². The Bertz CT molecular complexity index is 555. The lowest BCUT2D eigenvalue weighted by atomic mass is 10.1. The first kappa shape index (κ1) is 17.1. The average Bonchev–Trinajstić information content (AvgIpc) is 2.55. The van der Waals surface area contributed by atoms with Crippen molar-refractivity contribution in [2.45, 2.75) is 0 Å². The van der Waals surface area contributed by atoms with Crippen LogP contribution >= 0.6 is 0 Å². The number of carbonyl (C=O) groups is 2. The van der Waals surface area contributed by atoms with Gasteiger partial charge in [-0.15, -0.1) is 0 Å². The van der Waals surface area contributed by atoms with Crippen LogP contribution in [0.1, 0.15) is 10.4 Å². The van der Waals surface area contributed by atoms with Gasteiger partial charge in [0, 0.05) is 39.8 Å². The van der Waals surface area contributed by atoms with Crippen LogP contribution < -0.4 is 5.32 Å². The molecule has 1 aromatic rings. The number of hydrogen-bond donors (Lipinski definition) is 1. The van der Waals surface area contributed by atoms with E-state index < -0.39 is 23.1 Å². The molecule has 0 atom stereocenters. The monoisotopic (exact) mass is 327 g/mol. The molecule has 1 heterocycles. The molecular weight excluding hydrogens is 308 g/mol. The Hall–Kier alpha value is -2.22. The summed E-state index contributed by atoms with van der Waals surface area (Å²) in [6, 6.07) is 3.07. The molecule has 126 valence electrons. The number of rotatable bonds is 4. The van der Waals surface area contributed by atoms with Gasteiger partial charge in [0.1, 0.15) is 17.2 Å². The Labute approximate surface area is 133 Å². The molecule has 1 saturated heterocycles. The van der Waals surface area contributed by atoms with Crippen LogP contribution in [0.5, 0.6) is 0 Å². The molecular formula is C15H19F2N3O3. The maximum absolute atomic E-state index is 13.7. The number of benzene rings is 1. The number of urea groups is 1. The van der Waals surface area contributed by atoms with E-state index in [1.807, 2.05) is 0 Å². The highest BCUT2D eigenvalue weighted by Crippen LogP contribution is 2.16. The van der Waals surface area contributed by atoms with E-state index in [2.05, 4.69) is 5.32 Å². The molecule has 2 rings (SSSR count). The van der Waals surface area contributed by atoms with Crippen molar-refractivity contribution in [2.24, 2.45) is 0 Å². The smallest absolute Gasteiger partial charge is 0.317 e. The third-order valence-corrected chi connectivity index (χ3v) is 3.61. The third-order valence-electron chi connectivity index (χ3n) is 3.61. The lowest BCUT2D eigenvalue weighted by Gasteiger charge is -2.34. The summed E-state index contributed by atoms with van der Waals surface area (Å²) in [5.74, 6) is -2.45. The third kappa shape index (κ3) is 4.16. The van der Waals surface area contributed by atoms with Crippen molar-refractivity contribution in [3.63, 3.8) is 0 Å². The zero-order chi connectivity index (χ0) is 16.8. The molecule has 0 aliphatic carbocycles. The van der Waals surface area contributed by atoms with E-state index in [9.17, 15) is 18.4 Å². The number of nitrogens with zero attached hydrogens (tertiary/aromatic N) is 2. The van der Waals surface area contributed by atoms with E-state index >= 15 is 0 Å². The standard InChI is InChI=1S/C15H19F2N3O3/c1-23-10-5-18-15(22)20-8-6-19(7-9-20)14(21)13-11(16)3-2-4-12(13)17/h2-4H,5-10H2,1H3,(H,18,22). The van der Waals surface area contributed by atoms with Crippen LogP contribution in [0.4, 0.5) is 13.6 Å². The van der Waals surface area contributed by atoms with Crippen LogP contribution in [0.25, 0.3) is 0 Å². The summed E-state index contributed by atoms with van der Waals surface area (Å²) in [7, 11) is 1.54. The Morgan fingerprint density at radius 3 is 2.26 bits per heavy atom. The summed E-state index contributed by atoms with van der Waals surface area (Å²) in [5, 5.41) is 2.69. The zero-order valence-electron chi connectivity index (χ0n) is 12.8. The predicted molar refractivity (Wildman–Crippen MR) is 79.1 cm³/mol. The van der Waals surface area contributed by atoms with Crippen molar-refractivity contribution in [1.29, 1.82) is 0 Å². The number of methoxy groups -OCH3 is 1. The zero-order valence-corrected chi connectivity index (χ0v) is 12.8. The summed E-state index contributed by atoms with van der Waals surface area (Å²) in [5.41, 5.74) is -0.550. The summed E-state index contributed by atoms with van der Waals surface area (Å²) < 4.78 is 32.2. The fraction of sp³-hybridized carbons (Fsp3) is 0.467. The van der Waals surface area contributed by atoms with Gasteiger partial charge in [0.2, 0.25) is 0 Å². The molecule has 23 heavy (non-hydrogen) atoms. The van der Waals surface area contributed by atoms with Gasteiger partial charge in [-0.1, -0.05) is 6.07 Å². The molecule has 6 nitrogen and oxygen atoms in total. The number of carbonyl (C=O) groups excluding carboxylic acids is 2. The second-order valence-corrected chi connectivity index (χ2v) is 5.10. The van der Waals surface area contributed by atoms with Gasteiger partial charge in [0.25, 0.3) is 5.91 Å². The van der Waals surface area contributed by atoms with E-state index in [0.29, 0.717) is 26.2 Å². The number of amides is 3. The summed E-state index contributed by atoms with van der Waals surface area (Å²) in [4.78, 5) is 27.0. The second kappa shape index (κ2) is 7.87. The molecule has 0 saturated carbocycles. The van der Waals surface area contributed by atoms with Gasteiger partial charge in [0.05, 0.1) is 6.61 Å². The van der Waals surface area contributed by atoms with Crippen LogP contribution in [0.2, 0.25) is 0 Å². The van der Waals surface area contributed by atoms with Crippen LogP contribution in [-0.4, -0.2) is 68.2 Å². The maximum atomic E-state index is 13.7. The average molecular weight is 327 g/mol. The molecule has 1 fully saturated rings. The van der Waals surface area contributed by atoms with Crippen molar-refractivity contribution < 1.29 is 23.1 Å². The molecule has 0 bridgehead atoms. The Morgan fingerprint density at radius 1 is 1.13 bits per heavy atom. The molecule has 1 N–H and O–H groups in total. The van der Waals surface area contributed by atoms with Crippen molar-refractivity contribution >= 4 is 11.9 Å². The minimum atomic E-state index is -0.880. The SMILES string of the molecule is COCCNC(=O)N1CCN(C(=O)c2c(F)cccc2F)CC1. The van der Waals surface area contributed by atoms with E-state index in [-0.39, 0.29) is 19.1 Å². The van der Waals surface area contributed by atoms with Gasteiger partial charge in [-0.05, 0) is 12.1 Å². The number of nitrogens with one attached hydrogen (secondary N) is 1. The molecule has 0 aromatic heterocycles. The number of halogens is 2. The Morgan fingerprint density at radius 2 is 1.70 bits per heavy atom.